The standard InChI is InChI=1S/C16H13FN2O2/c17-10-6-4-9(5-7-10)14-11(8-18)16(19)21-13-3-1-2-12(20)15(13)14/h4-7,14H,1-3,19H2. The van der Waals surface area contributed by atoms with E-state index in [0.29, 0.717) is 36.2 Å². The molecule has 1 aromatic rings. The van der Waals surface area contributed by atoms with E-state index in [9.17, 15) is 14.4 Å². The van der Waals surface area contributed by atoms with Crippen LogP contribution >= 0.6 is 0 Å². The zero-order chi connectivity index (χ0) is 15.0. The van der Waals surface area contributed by atoms with Gasteiger partial charge in [-0.25, -0.2) is 4.39 Å². The molecule has 1 aliphatic carbocycles. The van der Waals surface area contributed by atoms with Gasteiger partial charge in [-0.2, -0.15) is 5.26 Å². The lowest BCUT2D eigenvalue weighted by atomic mass is 9.77. The number of ketones is 1. The zero-order valence-electron chi connectivity index (χ0n) is 11.2. The van der Waals surface area contributed by atoms with E-state index in [0.717, 1.165) is 0 Å². The Kier molecular flexibility index (Phi) is 3.22. The number of nitrogens with zero attached hydrogens (tertiary/aromatic N) is 1. The van der Waals surface area contributed by atoms with E-state index in [1.165, 1.54) is 12.1 Å². The second kappa shape index (κ2) is 5.06. The summed E-state index contributed by atoms with van der Waals surface area (Å²) in [4.78, 5) is 12.3. The molecule has 0 saturated carbocycles. The van der Waals surface area contributed by atoms with Crippen LogP contribution in [0.25, 0.3) is 0 Å². The first-order valence-corrected chi connectivity index (χ1v) is 6.71. The summed E-state index contributed by atoms with van der Waals surface area (Å²) in [6, 6.07) is 7.78. The molecule has 0 saturated heterocycles. The number of rotatable bonds is 1. The fourth-order valence-corrected chi connectivity index (χ4v) is 2.84. The smallest absolute Gasteiger partial charge is 0.205 e. The number of allylic oxidation sites excluding steroid dienone is 3. The largest absolute Gasteiger partial charge is 0.444 e. The molecule has 2 N–H and O–H groups in total. The number of nitriles is 1. The third-order valence-electron chi connectivity index (χ3n) is 3.81. The van der Waals surface area contributed by atoms with Crippen LogP contribution in [0.3, 0.4) is 0 Å². The molecule has 2 aliphatic rings. The third-order valence-corrected chi connectivity index (χ3v) is 3.81. The molecule has 4 nitrogen and oxygen atoms in total. The van der Waals surface area contributed by atoms with Gasteiger partial charge in [0.25, 0.3) is 0 Å². The Balaban J connectivity index is 2.17. The predicted octanol–water partition coefficient (Wildman–Crippen LogP) is 2.64. The van der Waals surface area contributed by atoms with Gasteiger partial charge in [0.05, 0.1) is 5.92 Å². The van der Waals surface area contributed by atoms with Crippen LogP contribution in [-0.2, 0) is 9.53 Å². The van der Waals surface area contributed by atoms with Crippen molar-refractivity contribution in [2.45, 2.75) is 25.2 Å². The Morgan fingerprint density at radius 3 is 2.67 bits per heavy atom. The topological polar surface area (TPSA) is 76.1 Å². The SMILES string of the molecule is N#CC1=C(N)OC2=C(C(=O)CCC2)C1c1ccc(F)cc1. The zero-order valence-corrected chi connectivity index (χ0v) is 11.2. The fraction of sp³-hybridized carbons (Fsp3) is 0.250. The minimum Gasteiger partial charge on any atom is -0.444 e. The molecule has 5 heteroatoms. The summed E-state index contributed by atoms with van der Waals surface area (Å²) >= 11 is 0. The maximum Gasteiger partial charge on any atom is 0.205 e. The van der Waals surface area contributed by atoms with E-state index in [1.807, 2.05) is 6.07 Å². The average Bonchev–Trinajstić information content (AvgIpc) is 2.47. The quantitative estimate of drug-likeness (QED) is 0.860. The fourth-order valence-electron chi connectivity index (χ4n) is 2.84. The molecule has 0 amide bonds. The lowest BCUT2D eigenvalue weighted by molar-refractivity contribution is -0.116. The Morgan fingerprint density at radius 1 is 1.29 bits per heavy atom. The number of hydrogen-bond donors (Lipinski definition) is 1. The van der Waals surface area contributed by atoms with Gasteiger partial charge in [-0.3, -0.25) is 4.79 Å². The van der Waals surface area contributed by atoms with Crippen molar-refractivity contribution in [3.63, 3.8) is 0 Å². The number of ether oxygens (including phenoxy) is 1. The van der Waals surface area contributed by atoms with Gasteiger partial charge in [-0.05, 0) is 24.1 Å². The average molecular weight is 284 g/mol. The van der Waals surface area contributed by atoms with Crippen molar-refractivity contribution in [3.05, 3.63) is 58.4 Å². The molecule has 1 atom stereocenters. The normalized spacial score (nSPS) is 21.7. The summed E-state index contributed by atoms with van der Waals surface area (Å²) in [6.07, 6.45) is 1.76. The molecule has 1 aromatic carbocycles. The molecule has 106 valence electrons. The molecular weight excluding hydrogens is 271 g/mol. The van der Waals surface area contributed by atoms with Crippen LogP contribution in [-0.4, -0.2) is 5.78 Å². The molecule has 1 unspecified atom stereocenters. The highest BCUT2D eigenvalue weighted by molar-refractivity contribution is 5.99. The minimum absolute atomic E-state index is 0.0280. The van der Waals surface area contributed by atoms with Gasteiger partial charge >= 0.3 is 0 Å². The van der Waals surface area contributed by atoms with Crippen molar-refractivity contribution < 1.29 is 13.9 Å². The van der Waals surface area contributed by atoms with Gasteiger partial charge in [0.2, 0.25) is 5.88 Å². The molecule has 0 bridgehead atoms. The van der Waals surface area contributed by atoms with Gasteiger partial charge in [0, 0.05) is 18.4 Å². The number of hydrogen-bond acceptors (Lipinski definition) is 4. The van der Waals surface area contributed by atoms with Gasteiger partial charge < -0.3 is 10.5 Å². The van der Waals surface area contributed by atoms with Crippen molar-refractivity contribution >= 4 is 5.78 Å². The Labute approximate surface area is 121 Å². The molecule has 0 aromatic heterocycles. The second-order valence-electron chi connectivity index (χ2n) is 5.09. The van der Waals surface area contributed by atoms with Crippen LogP contribution < -0.4 is 5.73 Å². The summed E-state index contributed by atoms with van der Waals surface area (Å²) in [5, 5.41) is 9.35. The van der Waals surface area contributed by atoms with E-state index in [1.54, 1.807) is 12.1 Å². The van der Waals surface area contributed by atoms with Crippen molar-refractivity contribution in [1.29, 1.82) is 5.26 Å². The summed E-state index contributed by atoms with van der Waals surface area (Å²) < 4.78 is 18.6. The Morgan fingerprint density at radius 2 is 2.00 bits per heavy atom. The van der Waals surface area contributed by atoms with E-state index in [-0.39, 0.29) is 23.1 Å². The van der Waals surface area contributed by atoms with Crippen LogP contribution in [0.1, 0.15) is 30.7 Å². The first-order valence-electron chi connectivity index (χ1n) is 6.71. The molecule has 0 fully saturated rings. The van der Waals surface area contributed by atoms with Gasteiger partial charge in [0.1, 0.15) is 23.2 Å². The molecule has 1 aliphatic heterocycles. The third kappa shape index (κ3) is 2.19. The van der Waals surface area contributed by atoms with E-state index in [4.69, 9.17) is 10.5 Å². The van der Waals surface area contributed by atoms with Crippen LogP contribution in [0.15, 0.2) is 47.1 Å². The maximum absolute atomic E-state index is 13.1. The summed E-state index contributed by atoms with van der Waals surface area (Å²) in [7, 11) is 0. The van der Waals surface area contributed by atoms with Crippen LogP contribution in [0, 0.1) is 17.1 Å². The van der Waals surface area contributed by atoms with Crippen molar-refractivity contribution in [2.75, 3.05) is 0 Å². The molecular formula is C16H13FN2O2. The summed E-state index contributed by atoms with van der Waals surface area (Å²) in [5.41, 5.74) is 7.17. The first kappa shape index (κ1) is 13.4. The summed E-state index contributed by atoms with van der Waals surface area (Å²) in [6.45, 7) is 0. The molecule has 1 heterocycles. The number of nitrogens with two attached hydrogens (primary N) is 1. The summed E-state index contributed by atoms with van der Waals surface area (Å²) in [5.74, 6) is -0.402. The maximum atomic E-state index is 13.1. The minimum atomic E-state index is -0.563. The first-order chi connectivity index (χ1) is 10.1. The predicted molar refractivity (Wildman–Crippen MR) is 72.9 cm³/mol. The van der Waals surface area contributed by atoms with E-state index >= 15 is 0 Å². The van der Waals surface area contributed by atoms with Gasteiger partial charge in [0.15, 0.2) is 5.78 Å². The Hall–Kier alpha value is -2.61. The van der Waals surface area contributed by atoms with Crippen LogP contribution in [0.5, 0.6) is 0 Å². The highest BCUT2D eigenvalue weighted by atomic mass is 19.1. The van der Waals surface area contributed by atoms with Crippen LogP contribution in [0.2, 0.25) is 0 Å². The number of Topliss-reactive ketones (excluding diaryl/α,β-unsaturated/α-hetero) is 1. The van der Waals surface area contributed by atoms with Crippen molar-refractivity contribution in [3.8, 4) is 6.07 Å². The Bertz CT molecular complexity index is 711. The van der Waals surface area contributed by atoms with Crippen molar-refractivity contribution in [1.82, 2.24) is 0 Å². The van der Waals surface area contributed by atoms with Gasteiger partial charge in [-0.15, -0.1) is 0 Å². The number of benzene rings is 1. The van der Waals surface area contributed by atoms with E-state index < -0.39 is 5.92 Å². The van der Waals surface area contributed by atoms with E-state index in [2.05, 4.69) is 0 Å². The number of carbonyl (C=O) groups excluding carboxylic acids is 1. The lowest BCUT2D eigenvalue weighted by Gasteiger charge is -2.30. The van der Waals surface area contributed by atoms with Gasteiger partial charge in [-0.1, -0.05) is 12.1 Å². The van der Waals surface area contributed by atoms with Crippen LogP contribution in [0.4, 0.5) is 4.39 Å². The molecule has 0 radical (unpaired) electrons. The molecule has 0 spiro atoms. The number of halogens is 1. The van der Waals surface area contributed by atoms with Crippen molar-refractivity contribution in [2.24, 2.45) is 5.73 Å². The highest BCUT2D eigenvalue weighted by Crippen LogP contribution is 2.43. The molecule has 21 heavy (non-hydrogen) atoms. The second-order valence-corrected chi connectivity index (χ2v) is 5.09. The highest BCUT2D eigenvalue weighted by Gasteiger charge is 2.37. The monoisotopic (exact) mass is 284 g/mol. The molecule has 3 rings (SSSR count). The number of carbonyl (C=O) groups is 1. The lowest BCUT2D eigenvalue weighted by Crippen LogP contribution is -2.27.